The molecule has 2 saturated carbocycles. The predicted molar refractivity (Wildman–Crippen MR) is 106 cm³/mol. The Morgan fingerprint density at radius 3 is 2.39 bits per heavy atom. The molecule has 28 heavy (non-hydrogen) atoms. The predicted octanol–water partition coefficient (Wildman–Crippen LogP) is 6.36. The van der Waals surface area contributed by atoms with Crippen LogP contribution in [0.1, 0.15) is 63.4 Å². The molecule has 0 saturated heterocycles. The normalized spacial score (nSPS) is 28.1. The van der Waals surface area contributed by atoms with Gasteiger partial charge in [0, 0.05) is 6.61 Å². The zero-order chi connectivity index (χ0) is 19.5. The smallest absolute Gasteiger partial charge is 0.200 e. The van der Waals surface area contributed by atoms with Crippen molar-refractivity contribution in [3.8, 4) is 5.75 Å². The lowest BCUT2D eigenvalue weighted by atomic mass is 9.73. The standard InChI is InChI=1S/C24H32F2O2/c1-16-2-13-22(24(26)23(16)25)28-15-18-5-7-19(8-6-18)20-9-11-21(12-10-20)27-14-17-3-4-17/h2,5,13,17,19-21H,3-4,6-12,14-15H2,1H3. The van der Waals surface area contributed by atoms with Crippen LogP contribution in [0.3, 0.4) is 0 Å². The number of benzene rings is 1. The summed E-state index contributed by atoms with van der Waals surface area (Å²) >= 11 is 0. The van der Waals surface area contributed by atoms with Crippen molar-refractivity contribution in [2.45, 2.75) is 70.8 Å². The minimum Gasteiger partial charge on any atom is -0.486 e. The van der Waals surface area contributed by atoms with E-state index in [0.29, 0.717) is 18.3 Å². The summed E-state index contributed by atoms with van der Waals surface area (Å²) in [7, 11) is 0. The zero-order valence-corrected chi connectivity index (χ0v) is 16.9. The van der Waals surface area contributed by atoms with Crippen LogP contribution < -0.4 is 4.74 Å². The van der Waals surface area contributed by atoms with Gasteiger partial charge in [-0.1, -0.05) is 12.1 Å². The van der Waals surface area contributed by atoms with Gasteiger partial charge >= 0.3 is 0 Å². The summed E-state index contributed by atoms with van der Waals surface area (Å²) in [6.07, 6.45) is 13.7. The fraction of sp³-hybridized carbons (Fsp3) is 0.667. The summed E-state index contributed by atoms with van der Waals surface area (Å²) in [4.78, 5) is 0. The molecule has 1 aromatic rings. The highest BCUT2D eigenvalue weighted by molar-refractivity contribution is 5.30. The van der Waals surface area contributed by atoms with Crippen molar-refractivity contribution in [2.24, 2.45) is 17.8 Å². The summed E-state index contributed by atoms with van der Waals surface area (Å²) in [5, 5.41) is 0. The van der Waals surface area contributed by atoms with E-state index in [1.807, 2.05) is 0 Å². The Balaban J connectivity index is 1.21. The second kappa shape index (κ2) is 8.94. The van der Waals surface area contributed by atoms with E-state index in [9.17, 15) is 8.78 Å². The highest BCUT2D eigenvalue weighted by atomic mass is 19.2. The summed E-state index contributed by atoms with van der Waals surface area (Å²) < 4.78 is 39.2. The van der Waals surface area contributed by atoms with Crippen LogP contribution in [0.25, 0.3) is 0 Å². The van der Waals surface area contributed by atoms with E-state index in [1.165, 1.54) is 56.6 Å². The quantitative estimate of drug-likeness (QED) is 0.504. The van der Waals surface area contributed by atoms with Crippen molar-refractivity contribution < 1.29 is 18.3 Å². The summed E-state index contributed by atoms with van der Waals surface area (Å²) in [6.45, 7) is 2.89. The first-order chi connectivity index (χ1) is 13.6. The Labute approximate surface area is 167 Å². The second-order valence-electron chi connectivity index (χ2n) is 9.01. The van der Waals surface area contributed by atoms with Crippen LogP contribution >= 0.6 is 0 Å². The number of aryl methyl sites for hydroxylation is 1. The SMILES string of the molecule is Cc1ccc(OCC2=CCC(C3CCC(OCC4CC4)CC3)CC2)c(F)c1F. The van der Waals surface area contributed by atoms with Crippen molar-refractivity contribution in [2.75, 3.05) is 13.2 Å². The van der Waals surface area contributed by atoms with E-state index in [0.717, 1.165) is 37.2 Å². The lowest BCUT2D eigenvalue weighted by molar-refractivity contribution is 0.00504. The molecule has 2 nitrogen and oxygen atoms in total. The number of halogens is 2. The molecule has 1 aromatic carbocycles. The van der Waals surface area contributed by atoms with Crippen LogP contribution in [0.15, 0.2) is 23.8 Å². The molecular weight excluding hydrogens is 358 g/mol. The molecule has 3 aliphatic rings. The van der Waals surface area contributed by atoms with Crippen LogP contribution in [0.5, 0.6) is 5.75 Å². The zero-order valence-electron chi connectivity index (χ0n) is 16.9. The fourth-order valence-corrected chi connectivity index (χ4v) is 4.66. The average Bonchev–Trinajstić information content (AvgIpc) is 3.55. The van der Waals surface area contributed by atoms with E-state index in [-0.39, 0.29) is 5.75 Å². The van der Waals surface area contributed by atoms with Gasteiger partial charge in [-0.15, -0.1) is 0 Å². The minimum atomic E-state index is -0.880. The molecule has 4 rings (SSSR count). The van der Waals surface area contributed by atoms with Crippen LogP contribution in [0, 0.1) is 36.3 Å². The van der Waals surface area contributed by atoms with Crippen molar-refractivity contribution in [3.63, 3.8) is 0 Å². The van der Waals surface area contributed by atoms with Gasteiger partial charge in [0.25, 0.3) is 0 Å². The van der Waals surface area contributed by atoms with Gasteiger partial charge in [-0.25, -0.2) is 4.39 Å². The van der Waals surface area contributed by atoms with Crippen LogP contribution in [0.4, 0.5) is 8.78 Å². The molecular formula is C24H32F2O2. The topological polar surface area (TPSA) is 18.5 Å². The maximum absolute atomic E-state index is 13.9. The second-order valence-corrected chi connectivity index (χ2v) is 9.01. The van der Waals surface area contributed by atoms with Crippen LogP contribution in [-0.4, -0.2) is 19.3 Å². The van der Waals surface area contributed by atoms with Crippen molar-refractivity contribution in [1.82, 2.24) is 0 Å². The molecule has 0 bridgehead atoms. The summed E-state index contributed by atoms with van der Waals surface area (Å²) in [6, 6.07) is 3.08. The van der Waals surface area contributed by atoms with Crippen molar-refractivity contribution >= 4 is 0 Å². The van der Waals surface area contributed by atoms with Crippen LogP contribution in [0.2, 0.25) is 0 Å². The maximum Gasteiger partial charge on any atom is 0.200 e. The Morgan fingerprint density at radius 2 is 1.71 bits per heavy atom. The van der Waals surface area contributed by atoms with E-state index >= 15 is 0 Å². The van der Waals surface area contributed by atoms with Crippen LogP contribution in [-0.2, 0) is 4.74 Å². The molecule has 1 atom stereocenters. The first-order valence-corrected chi connectivity index (χ1v) is 11.0. The van der Waals surface area contributed by atoms with E-state index in [1.54, 1.807) is 13.0 Å². The minimum absolute atomic E-state index is 0.00986. The molecule has 0 aromatic heterocycles. The third-order valence-electron chi connectivity index (χ3n) is 6.85. The monoisotopic (exact) mass is 390 g/mol. The lowest BCUT2D eigenvalue weighted by Crippen LogP contribution is -2.27. The molecule has 4 heteroatoms. The average molecular weight is 391 g/mol. The van der Waals surface area contributed by atoms with Gasteiger partial charge in [-0.3, -0.25) is 0 Å². The third-order valence-corrected chi connectivity index (χ3v) is 6.85. The number of hydrogen-bond acceptors (Lipinski definition) is 2. The van der Waals surface area contributed by atoms with Gasteiger partial charge in [0.2, 0.25) is 5.82 Å². The van der Waals surface area contributed by atoms with Gasteiger partial charge in [-0.2, -0.15) is 4.39 Å². The fourth-order valence-electron chi connectivity index (χ4n) is 4.66. The number of hydrogen-bond donors (Lipinski definition) is 0. The molecule has 0 radical (unpaired) electrons. The Morgan fingerprint density at radius 1 is 0.929 bits per heavy atom. The summed E-state index contributed by atoms with van der Waals surface area (Å²) in [5.41, 5.74) is 1.51. The first kappa shape index (κ1) is 19.9. The van der Waals surface area contributed by atoms with Crippen molar-refractivity contribution in [3.05, 3.63) is 41.0 Å². The lowest BCUT2D eigenvalue weighted by Gasteiger charge is -2.35. The molecule has 0 aliphatic heterocycles. The first-order valence-electron chi connectivity index (χ1n) is 11.0. The molecule has 2 fully saturated rings. The molecule has 3 aliphatic carbocycles. The molecule has 0 spiro atoms. The Hall–Kier alpha value is -1.42. The molecule has 1 unspecified atom stereocenters. The number of allylic oxidation sites excluding steroid dienone is 1. The van der Waals surface area contributed by atoms with Gasteiger partial charge in [0.05, 0.1) is 6.10 Å². The highest BCUT2D eigenvalue weighted by Gasteiger charge is 2.30. The maximum atomic E-state index is 13.9. The highest BCUT2D eigenvalue weighted by Crippen LogP contribution is 2.39. The van der Waals surface area contributed by atoms with E-state index < -0.39 is 11.6 Å². The number of rotatable bonds is 7. The third kappa shape index (κ3) is 4.94. The van der Waals surface area contributed by atoms with Gasteiger partial charge in [-0.05, 0) is 99.7 Å². The molecule has 0 amide bonds. The van der Waals surface area contributed by atoms with Crippen molar-refractivity contribution in [1.29, 1.82) is 0 Å². The Bertz CT molecular complexity index is 703. The molecule has 0 N–H and O–H groups in total. The number of ether oxygens (including phenoxy) is 2. The Kier molecular flexibility index (Phi) is 6.35. The molecule has 154 valence electrons. The molecule has 0 heterocycles. The van der Waals surface area contributed by atoms with E-state index in [2.05, 4.69) is 6.08 Å². The summed E-state index contributed by atoms with van der Waals surface area (Å²) in [5.74, 6) is 0.731. The largest absolute Gasteiger partial charge is 0.486 e. The van der Waals surface area contributed by atoms with Gasteiger partial charge in [0.15, 0.2) is 11.6 Å². The van der Waals surface area contributed by atoms with Gasteiger partial charge < -0.3 is 9.47 Å². The van der Waals surface area contributed by atoms with E-state index in [4.69, 9.17) is 9.47 Å². The van der Waals surface area contributed by atoms with Gasteiger partial charge in [0.1, 0.15) is 6.61 Å².